The molecule has 0 bridgehead atoms. The van der Waals surface area contributed by atoms with E-state index in [4.69, 9.17) is 11.0 Å². The third-order valence-corrected chi connectivity index (χ3v) is 3.24. The molecule has 0 saturated heterocycles. The summed E-state index contributed by atoms with van der Waals surface area (Å²) in [7, 11) is 0. The van der Waals surface area contributed by atoms with Crippen LogP contribution in [-0.4, -0.2) is 4.98 Å². The van der Waals surface area contributed by atoms with Crippen LogP contribution < -0.4 is 5.73 Å². The van der Waals surface area contributed by atoms with E-state index in [1.54, 1.807) is 6.92 Å². The Labute approximate surface area is 85.8 Å². The molecule has 1 atom stereocenters. The molecule has 14 heavy (non-hydrogen) atoms. The van der Waals surface area contributed by atoms with E-state index in [1.807, 2.05) is 30.3 Å². The number of fused-ring (bicyclic) bond motifs is 1. The number of rotatable bonds is 1. The fraction of sp³-hybridized carbons (Fsp3) is 0.200. The minimum Gasteiger partial charge on any atom is -0.308 e. The summed E-state index contributed by atoms with van der Waals surface area (Å²) in [6, 6.07) is 9.81. The molecular weight excluding hydrogens is 194 g/mol. The van der Waals surface area contributed by atoms with Gasteiger partial charge in [-0.15, -0.1) is 11.3 Å². The lowest BCUT2D eigenvalue weighted by molar-refractivity contribution is 0.642. The maximum absolute atomic E-state index is 8.86. The van der Waals surface area contributed by atoms with Crippen LogP contribution in [0.1, 0.15) is 11.9 Å². The Morgan fingerprint density at radius 1 is 1.50 bits per heavy atom. The lowest BCUT2D eigenvalue weighted by atomic mass is 10.1. The SMILES string of the molecule is CC(N)(C#N)c1nc2ccccc2s1. The second-order valence-electron chi connectivity index (χ2n) is 3.30. The van der Waals surface area contributed by atoms with Crippen LogP contribution in [0, 0.1) is 11.3 Å². The van der Waals surface area contributed by atoms with Crippen LogP contribution in [0.4, 0.5) is 0 Å². The van der Waals surface area contributed by atoms with Crippen LogP contribution in [0.5, 0.6) is 0 Å². The molecule has 0 aliphatic heterocycles. The Bertz CT molecular complexity index is 474. The van der Waals surface area contributed by atoms with Crippen molar-refractivity contribution in [3.63, 3.8) is 0 Å². The molecule has 0 saturated carbocycles. The zero-order valence-corrected chi connectivity index (χ0v) is 8.51. The average Bonchev–Trinajstić information content (AvgIpc) is 2.61. The second kappa shape index (κ2) is 3.05. The zero-order valence-electron chi connectivity index (χ0n) is 7.69. The highest BCUT2D eigenvalue weighted by Gasteiger charge is 2.24. The summed E-state index contributed by atoms with van der Waals surface area (Å²) < 4.78 is 1.06. The molecule has 0 amide bonds. The van der Waals surface area contributed by atoms with Crippen LogP contribution in [-0.2, 0) is 5.54 Å². The van der Waals surface area contributed by atoms with Gasteiger partial charge in [-0.1, -0.05) is 12.1 Å². The Morgan fingerprint density at radius 2 is 2.21 bits per heavy atom. The van der Waals surface area contributed by atoms with Crippen molar-refractivity contribution < 1.29 is 0 Å². The van der Waals surface area contributed by atoms with Crippen molar-refractivity contribution in [1.29, 1.82) is 5.26 Å². The number of nitrogens with two attached hydrogens (primary N) is 1. The molecule has 2 aromatic rings. The van der Waals surface area contributed by atoms with Gasteiger partial charge in [-0.3, -0.25) is 0 Å². The average molecular weight is 203 g/mol. The Balaban J connectivity index is 2.62. The van der Waals surface area contributed by atoms with Crippen molar-refractivity contribution >= 4 is 21.6 Å². The minimum atomic E-state index is -0.982. The number of aromatic nitrogens is 1. The van der Waals surface area contributed by atoms with Gasteiger partial charge in [0.2, 0.25) is 0 Å². The molecule has 3 nitrogen and oxygen atoms in total. The first-order chi connectivity index (χ1) is 6.63. The van der Waals surface area contributed by atoms with Gasteiger partial charge in [-0.05, 0) is 19.1 Å². The molecule has 4 heteroatoms. The number of para-hydroxylation sites is 1. The summed E-state index contributed by atoms with van der Waals surface area (Å²) in [5.74, 6) is 0. The monoisotopic (exact) mass is 203 g/mol. The first-order valence-electron chi connectivity index (χ1n) is 4.20. The maximum atomic E-state index is 8.86. The van der Waals surface area contributed by atoms with Gasteiger partial charge in [-0.2, -0.15) is 5.26 Å². The first kappa shape index (κ1) is 9.13. The van der Waals surface area contributed by atoms with Crippen LogP contribution >= 0.6 is 11.3 Å². The van der Waals surface area contributed by atoms with E-state index in [2.05, 4.69) is 4.98 Å². The summed E-state index contributed by atoms with van der Waals surface area (Å²) in [5.41, 5.74) is 5.71. The molecule has 0 fully saturated rings. The molecule has 2 rings (SSSR count). The van der Waals surface area contributed by atoms with E-state index in [1.165, 1.54) is 11.3 Å². The molecule has 1 unspecified atom stereocenters. The number of nitrogens with zero attached hydrogens (tertiary/aromatic N) is 2. The van der Waals surface area contributed by atoms with Crippen molar-refractivity contribution in [3.05, 3.63) is 29.3 Å². The highest BCUT2D eigenvalue weighted by Crippen LogP contribution is 2.27. The third-order valence-electron chi connectivity index (χ3n) is 1.97. The van der Waals surface area contributed by atoms with Gasteiger partial charge >= 0.3 is 0 Å². The van der Waals surface area contributed by atoms with Crippen LogP contribution in [0.3, 0.4) is 0 Å². The number of benzene rings is 1. The van der Waals surface area contributed by atoms with Crippen molar-refractivity contribution in [2.75, 3.05) is 0 Å². The fourth-order valence-electron chi connectivity index (χ4n) is 1.14. The van der Waals surface area contributed by atoms with Gasteiger partial charge in [0.1, 0.15) is 5.01 Å². The van der Waals surface area contributed by atoms with Crippen LogP contribution in [0.15, 0.2) is 24.3 Å². The minimum absolute atomic E-state index is 0.668. The number of hydrogen-bond acceptors (Lipinski definition) is 4. The molecule has 70 valence electrons. The molecule has 1 heterocycles. The van der Waals surface area contributed by atoms with E-state index >= 15 is 0 Å². The van der Waals surface area contributed by atoms with Gasteiger partial charge in [-0.25, -0.2) is 4.98 Å². The molecule has 0 spiro atoms. The van der Waals surface area contributed by atoms with E-state index < -0.39 is 5.54 Å². The van der Waals surface area contributed by atoms with E-state index in [-0.39, 0.29) is 0 Å². The van der Waals surface area contributed by atoms with Crippen LogP contribution in [0.2, 0.25) is 0 Å². The molecule has 0 aliphatic carbocycles. The topological polar surface area (TPSA) is 62.7 Å². The summed E-state index contributed by atoms with van der Waals surface area (Å²) >= 11 is 1.47. The quantitative estimate of drug-likeness (QED) is 0.771. The highest BCUT2D eigenvalue weighted by atomic mass is 32.1. The largest absolute Gasteiger partial charge is 0.308 e. The fourth-order valence-corrected chi connectivity index (χ4v) is 2.12. The first-order valence-corrected chi connectivity index (χ1v) is 5.01. The summed E-state index contributed by atoms with van der Waals surface area (Å²) in [6.45, 7) is 1.67. The standard InChI is InChI=1S/C10H9N3S/c1-10(12,6-11)9-13-7-4-2-3-5-8(7)14-9/h2-5H,12H2,1H3. The van der Waals surface area contributed by atoms with Gasteiger partial charge in [0.05, 0.1) is 16.3 Å². The number of nitriles is 1. The molecular formula is C10H9N3S. The van der Waals surface area contributed by atoms with Gasteiger partial charge < -0.3 is 5.73 Å². The lowest BCUT2D eigenvalue weighted by Gasteiger charge is -2.09. The Morgan fingerprint density at radius 3 is 2.86 bits per heavy atom. The second-order valence-corrected chi connectivity index (χ2v) is 4.33. The number of thiazole rings is 1. The smallest absolute Gasteiger partial charge is 0.153 e. The van der Waals surface area contributed by atoms with E-state index in [0.717, 1.165) is 10.2 Å². The summed E-state index contributed by atoms with van der Waals surface area (Å²) in [6.07, 6.45) is 0. The van der Waals surface area contributed by atoms with Crippen LogP contribution in [0.25, 0.3) is 10.2 Å². The van der Waals surface area contributed by atoms with Gasteiger partial charge in [0.15, 0.2) is 5.54 Å². The normalized spacial score (nSPS) is 14.9. The van der Waals surface area contributed by atoms with Gasteiger partial charge in [0, 0.05) is 0 Å². The molecule has 1 aromatic heterocycles. The predicted molar refractivity (Wildman–Crippen MR) is 56.8 cm³/mol. The summed E-state index contributed by atoms with van der Waals surface area (Å²) in [5, 5.41) is 9.53. The molecule has 2 N–H and O–H groups in total. The zero-order chi connectivity index (χ0) is 10.2. The predicted octanol–water partition coefficient (Wildman–Crippen LogP) is 1.99. The van der Waals surface area contributed by atoms with Crippen molar-refractivity contribution in [2.45, 2.75) is 12.5 Å². The number of hydrogen-bond donors (Lipinski definition) is 1. The van der Waals surface area contributed by atoms with Crippen molar-refractivity contribution in [3.8, 4) is 6.07 Å². The molecule has 0 radical (unpaired) electrons. The summed E-state index contributed by atoms with van der Waals surface area (Å²) in [4.78, 5) is 4.33. The maximum Gasteiger partial charge on any atom is 0.153 e. The van der Waals surface area contributed by atoms with E-state index in [0.29, 0.717) is 5.01 Å². The van der Waals surface area contributed by atoms with Crippen molar-refractivity contribution in [2.24, 2.45) is 5.73 Å². The molecule has 0 aliphatic rings. The molecule has 1 aromatic carbocycles. The Hall–Kier alpha value is -1.44. The van der Waals surface area contributed by atoms with Crippen molar-refractivity contribution in [1.82, 2.24) is 4.98 Å². The Kier molecular flexibility index (Phi) is 1.99. The van der Waals surface area contributed by atoms with E-state index in [9.17, 15) is 0 Å². The van der Waals surface area contributed by atoms with Gasteiger partial charge in [0.25, 0.3) is 0 Å². The highest BCUT2D eigenvalue weighted by molar-refractivity contribution is 7.18. The third kappa shape index (κ3) is 1.37. The lowest BCUT2D eigenvalue weighted by Crippen LogP contribution is -2.30.